The Hall–Kier alpha value is 2.54. The van der Waals surface area contributed by atoms with E-state index in [1.165, 1.54) is 0 Å². The van der Waals surface area contributed by atoms with Gasteiger partial charge in [-0.05, 0) is 0 Å². The molecule has 0 aromatic carbocycles. The maximum absolute atomic E-state index is 4.97. The Labute approximate surface area is 98.4 Å². The van der Waals surface area contributed by atoms with Crippen molar-refractivity contribution in [2.24, 2.45) is 0 Å². The molecule has 0 saturated carbocycles. The SMILES string of the molecule is Cl.Cl.Cl.Cl.Cl[Si](Cl)(Cl)Cl. The van der Waals surface area contributed by atoms with Gasteiger partial charge >= 0.3 is 5.31 Å². The van der Waals surface area contributed by atoms with E-state index >= 15 is 0 Å². The van der Waals surface area contributed by atoms with Crippen molar-refractivity contribution in [3.8, 4) is 0 Å². The Balaban J connectivity index is -0.0000000133. The van der Waals surface area contributed by atoms with Crippen LogP contribution in [0.25, 0.3) is 0 Å². The smallest absolute Gasteiger partial charge is 0.147 e. The fraction of sp³-hybridized carbons (Fsp3) is 0. The summed E-state index contributed by atoms with van der Waals surface area (Å²) < 4.78 is 0. The quantitative estimate of drug-likeness (QED) is 0.467. The molecule has 64 valence electrons. The molecule has 0 aliphatic heterocycles. The zero-order chi connectivity index (χ0) is 4.50. The van der Waals surface area contributed by atoms with E-state index in [4.69, 9.17) is 44.3 Å². The topological polar surface area (TPSA) is 0 Å². The second kappa shape index (κ2) is 13.2. The lowest BCUT2D eigenvalue weighted by Crippen LogP contribution is -1.91. The summed E-state index contributed by atoms with van der Waals surface area (Å²) in [6, 6.07) is 0. The monoisotopic (exact) mass is 312 g/mol. The average molecular weight is 316 g/mol. The average Bonchev–Trinajstić information content (AvgIpc) is 0.722. The molecule has 0 aliphatic rings. The highest BCUT2D eigenvalue weighted by atomic mass is 36.0. The largest absolute Gasteiger partial charge is 0.440 e. The summed E-state index contributed by atoms with van der Waals surface area (Å²) in [5, 5.41) is -2.72. The first-order chi connectivity index (χ1) is 2.00. The Morgan fingerprint density at radius 3 is 0.556 bits per heavy atom. The summed E-state index contributed by atoms with van der Waals surface area (Å²) in [6.45, 7) is 0. The molecule has 0 nitrogen and oxygen atoms in total. The van der Waals surface area contributed by atoms with Crippen LogP contribution in [0.5, 0.6) is 0 Å². The molecule has 0 heterocycles. The molecule has 0 atom stereocenters. The van der Waals surface area contributed by atoms with E-state index in [0.717, 1.165) is 0 Å². The van der Waals surface area contributed by atoms with Gasteiger partial charge in [0, 0.05) is 0 Å². The molecule has 0 aromatic rings. The minimum atomic E-state index is -2.72. The second-order valence-corrected chi connectivity index (χ2v) is 11.6. The third-order valence-electron chi connectivity index (χ3n) is 0. The molecule has 0 radical (unpaired) electrons. The van der Waals surface area contributed by atoms with Crippen LogP contribution in [0.2, 0.25) is 0 Å². The van der Waals surface area contributed by atoms with Crippen molar-refractivity contribution >= 4 is 99.3 Å². The molecule has 0 bridgehead atoms. The highest BCUT2D eigenvalue weighted by Crippen LogP contribution is 2.23. The van der Waals surface area contributed by atoms with E-state index in [1.54, 1.807) is 0 Å². The van der Waals surface area contributed by atoms with Gasteiger partial charge in [0.15, 0.2) is 0 Å². The van der Waals surface area contributed by atoms with Crippen LogP contribution in [0.4, 0.5) is 0 Å². The van der Waals surface area contributed by atoms with E-state index < -0.39 is 5.31 Å². The van der Waals surface area contributed by atoms with Crippen LogP contribution < -0.4 is 0 Å². The van der Waals surface area contributed by atoms with Gasteiger partial charge in [-0.3, -0.25) is 0 Å². The van der Waals surface area contributed by atoms with Crippen LogP contribution in [-0.2, 0) is 0 Å². The van der Waals surface area contributed by atoms with E-state index in [1.807, 2.05) is 0 Å². The number of hydrogen-bond donors (Lipinski definition) is 0. The van der Waals surface area contributed by atoms with Gasteiger partial charge in [0.1, 0.15) is 0 Å². The number of halogens is 8. The van der Waals surface area contributed by atoms with Crippen molar-refractivity contribution in [1.82, 2.24) is 0 Å². The van der Waals surface area contributed by atoms with Gasteiger partial charge in [-0.25, -0.2) is 0 Å². The minimum Gasteiger partial charge on any atom is -0.147 e. The summed E-state index contributed by atoms with van der Waals surface area (Å²) in [5.41, 5.74) is 0. The predicted molar refractivity (Wildman–Crippen MR) is 58.2 cm³/mol. The van der Waals surface area contributed by atoms with Gasteiger partial charge in [-0.2, -0.15) is 0 Å². The van der Waals surface area contributed by atoms with E-state index in [9.17, 15) is 0 Å². The van der Waals surface area contributed by atoms with Gasteiger partial charge in [0.2, 0.25) is 0 Å². The first kappa shape index (κ1) is 30.0. The Kier molecular flexibility index (Phi) is 43.8. The van der Waals surface area contributed by atoms with E-state index in [2.05, 4.69) is 0 Å². The standard InChI is InChI=1S/Cl4Si.4ClH/c1-5(2,3)4;;;;/h;4*1H. The van der Waals surface area contributed by atoms with Gasteiger partial charge in [-0.1, -0.05) is 0 Å². The lowest BCUT2D eigenvalue weighted by atomic mass is 27.6. The number of hydrogen-bond acceptors (Lipinski definition) is 0. The van der Waals surface area contributed by atoms with Crippen molar-refractivity contribution in [1.29, 1.82) is 0 Å². The third-order valence-corrected chi connectivity index (χ3v) is 0. The molecule has 0 aromatic heterocycles. The molecule has 0 fully saturated rings. The van der Waals surface area contributed by atoms with Crippen LogP contribution >= 0.6 is 93.9 Å². The molecule has 0 saturated heterocycles. The minimum absolute atomic E-state index is 0. The lowest BCUT2D eigenvalue weighted by molar-refractivity contribution is 3.80. The molecule has 0 aliphatic carbocycles. The highest BCUT2D eigenvalue weighted by Gasteiger charge is 2.19. The highest BCUT2D eigenvalue weighted by molar-refractivity contribution is 7.81. The molecular weight excluding hydrogens is 312 g/mol. The fourth-order valence-electron chi connectivity index (χ4n) is 0. The Morgan fingerprint density at radius 1 is 0.556 bits per heavy atom. The summed E-state index contributed by atoms with van der Waals surface area (Å²) >= 11 is 19.9. The normalized spacial score (nSPS) is 6.67. The molecule has 0 N–H and O–H groups in total. The van der Waals surface area contributed by atoms with Crippen LogP contribution in [0.3, 0.4) is 0 Å². The lowest BCUT2D eigenvalue weighted by Gasteiger charge is -1.85. The van der Waals surface area contributed by atoms with Gasteiger partial charge in [-0.15, -0.1) is 93.9 Å². The first-order valence-corrected chi connectivity index (χ1v) is 6.80. The zero-order valence-electron chi connectivity index (χ0n) is 3.64. The zero-order valence-corrected chi connectivity index (χ0v) is 10.9. The molecule has 0 amide bonds. The molecule has 9 heavy (non-hydrogen) atoms. The van der Waals surface area contributed by atoms with Gasteiger partial charge in [0.05, 0.1) is 0 Å². The third kappa shape index (κ3) is 119. The number of rotatable bonds is 0. The first-order valence-electron chi connectivity index (χ1n) is 0.756. The maximum atomic E-state index is 4.97. The van der Waals surface area contributed by atoms with Crippen LogP contribution in [0, 0.1) is 0 Å². The van der Waals surface area contributed by atoms with Crippen LogP contribution in [-0.4, -0.2) is 5.31 Å². The Morgan fingerprint density at radius 2 is 0.556 bits per heavy atom. The molecular formula is H4Cl8Si. The van der Waals surface area contributed by atoms with Crippen molar-refractivity contribution < 1.29 is 0 Å². The van der Waals surface area contributed by atoms with Crippen LogP contribution in [0.15, 0.2) is 0 Å². The summed E-state index contributed by atoms with van der Waals surface area (Å²) in [4.78, 5) is 0. The van der Waals surface area contributed by atoms with E-state index in [-0.39, 0.29) is 49.6 Å². The summed E-state index contributed by atoms with van der Waals surface area (Å²) in [7, 11) is 0. The predicted octanol–water partition coefficient (Wildman–Crippen LogP) is 4.06. The van der Waals surface area contributed by atoms with Crippen molar-refractivity contribution in [2.45, 2.75) is 0 Å². The molecule has 0 rings (SSSR count). The summed E-state index contributed by atoms with van der Waals surface area (Å²) in [5.74, 6) is 0. The fourth-order valence-corrected chi connectivity index (χ4v) is 0. The van der Waals surface area contributed by atoms with Crippen LogP contribution in [0.1, 0.15) is 0 Å². The van der Waals surface area contributed by atoms with Gasteiger partial charge < -0.3 is 0 Å². The molecule has 0 unspecified atom stereocenters. The maximum Gasteiger partial charge on any atom is 0.440 e. The van der Waals surface area contributed by atoms with Crippen molar-refractivity contribution in [2.75, 3.05) is 0 Å². The van der Waals surface area contributed by atoms with E-state index in [0.29, 0.717) is 0 Å². The second-order valence-electron chi connectivity index (χ2n) is 0.429. The van der Waals surface area contributed by atoms with Crippen molar-refractivity contribution in [3.05, 3.63) is 0 Å². The summed E-state index contributed by atoms with van der Waals surface area (Å²) in [6.07, 6.45) is 0. The molecule has 0 spiro atoms. The van der Waals surface area contributed by atoms with Crippen molar-refractivity contribution in [3.63, 3.8) is 0 Å². The molecule has 9 heteroatoms. The van der Waals surface area contributed by atoms with Gasteiger partial charge in [0.25, 0.3) is 0 Å². The Bertz CT molecular complexity index is 20.0.